The molecular formula is C13H19FO7. The summed E-state index contributed by atoms with van der Waals surface area (Å²) in [5.41, 5.74) is 0. The van der Waals surface area contributed by atoms with E-state index in [2.05, 4.69) is 0 Å². The normalized spacial score (nSPS) is 32.1. The molecule has 1 aliphatic heterocycles. The van der Waals surface area contributed by atoms with Gasteiger partial charge in [-0.1, -0.05) is 0 Å². The Bertz CT molecular complexity index is 411. The third kappa shape index (κ3) is 4.96. The van der Waals surface area contributed by atoms with Crippen LogP contribution in [0.5, 0.6) is 0 Å². The molecule has 1 rings (SSSR count). The van der Waals surface area contributed by atoms with E-state index in [4.69, 9.17) is 18.9 Å². The highest BCUT2D eigenvalue weighted by Gasteiger charge is 2.49. The minimum atomic E-state index is -1.78. The van der Waals surface area contributed by atoms with Gasteiger partial charge in [0, 0.05) is 20.8 Å². The van der Waals surface area contributed by atoms with Crippen LogP contribution >= 0.6 is 0 Å². The van der Waals surface area contributed by atoms with Gasteiger partial charge in [-0.05, 0) is 6.92 Å². The van der Waals surface area contributed by atoms with Crippen LogP contribution in [0.15, 0.2) is 0 Å². The maximum absolute atomic E-state index is 14.4. The lowest BCUT2D eigenvalue weighted by Crippen LogP contribution is -2.58. The molecule has 1 heterocycles. The average Bonchev–Trinajstić information content (AvgIpc) is 2.35. The molecule has 0 aliphatic carbocycles. The first-order chi connectivity index (χ1) is 9.72. The Morgan fingerprint density at radius 3 is 2.00 bits per heavy atom. The van der Waals surface area contributed by atoms with Gasteiger partial charge in [0.15, 0.2) is 18.4 Å². The van der Waals surface area contributed by atoms with Gasteiger partial charge in [0.2, 0.25) is 0 Å². The van der Waals surface area contributed by atoms with E-state index in [1.54, 1.807) is 6.92 Å². The summed E-state index contributed by atoms with van der Waals surface area (Å²) in [7, 11) is 0. The number of hydrogen-bond donors (Lipinski definition) is 0. The summed E-state index contributed by atoms with van der Waals surface area (Å²) < 4.78 is 34.4. The first-order valence-corrected chi connectivity index (χ1v) is 6.49. The molecule has 1 fully saturated rings. The summed E-state index contributed by atoms with van der Waals surface area (Å²) >= 11 is 0. The van der Waals surface area contributed by atoms with Crippen molar-refractivity contribution in [2.75, 3.05) is 6.61 Å². The van der Waals surface area contributed by atoms with Crippen molar-refractivity contribution >= 4 is 17.9 Å². The van der Waals surface area contributed by atoms with Gasteiger partial charge in [-0.15, -0.1) is 0 Å². The van der Waals surface area contributed by atoms with E-state index in [1.165, 1.54) is 6.92 Å². The van der Waals surface area contributed by atoms with E-state index in [9.17, 15) is 18.8 Å². The number of rotatable bonds is 4. The van der Waals surface area contributed by atoms with Crippen molar-refractivity contribution in [2.45, 2.75) is 58.3 Å². The number of halogens is 1. The molecule has 1 aliphatic rings. The number of carbonyl (C=O) groups is 3. The van der Waals surface area contributed by atoms with E-state index >= 15 is 0 Å². The predicted octanol–water partition coefficient (Wildman–Crippen LogP) is 0.538. The fourth-order valence-corrected chi connectivity index (χ4v) is 2.10. The number of esters is 3. The molecule has 21 heavy (non-hydrogen) atoms. The van der Waals surface area contributed by atoms with Gasteiger partial charge in [0.25, 0.3) is 0 Å². The van der Waals surface area contributed by atoms with E-state index in [0.717, 1.165) is 13.8 Å². The summed E-state index contributed by atoms with van der Waals surface area (Å²) in [5.74, 6) is -1.93. The molecule has 7 nitrogen and oxygen atoms in total. The van der Waals surface area contributed by atoms with Gasteiger partial charge in [0.05, 0.1) is 6.10 Å². The van der Waals surface area contributed by atoms with Crippen molar-refractivity contribution in [3.8, 4) is 0 Å². The highest BCUT2D eigenvalue weighted by molar-refractivity contribution is 5.67. The Kier molecular flexibility index (Phi) is 6.07. The minimum Gasteiger partial charge on any atom is -0.463 e. The summed E-state index contributed by atoms with van der Waals surface area (Å²) in [4.78, 5) is 33.0. The van der Waals surface area contributed by atoms with Crippen molar-refractivity contribution in [3.05, 3.63) is 0 Å². The molecule has 0 saturated carbocycles. The molecule has 0 amide bonds. The summed E-state index contributed by atoms with van der Waals surface area (Å²) in [6.07, 6.45) is -5.97. The van der Waals surface area contributed by atoms with Crippen LogP contribution in [0.25, 0.3) is 0 Å². The molecule has 120 valence electrons. The standard InChI is InChI=1S/C13H19FO7/c1-6-12(20-8(3)16)13(21-9(4)17)11(14)10(19-6)5-18-7(2)15/h6,10-13H,5H2,1-4H3. The van der Waals surface area contributed by atoms with Gasteiger partial charge in [-0.2, -0.15) is 0 Å². The van der Waals surface area contributed by atoms with Gasteiger partial charge < -0.3 is 18.9 Å². The van der Waals surface area contributed by atoms with Gasteiger partial charge in [-0.3, -0.25) is 14.4 Å². The average molecular weight is 306 g/mol. The third-order valence-electron chi connectivity index (χ3n) is 2.90. The minimum absolute atomic E-state index is 0.314. The van der Waals surface area contributed by atoms with Crippen molar-refractivity contribution in [1.29, 1.82) is 0 Å². The van der Waals surface area contributed by atoms with E-state index < -0.39 is 48.5 Å². The maximum Gasteiger partial charge on any atom is 0.303 e. The lowest BCUT2D eigenvalue weighted by molar-refractivity contribution is -0.230. The Balaban J connectivity index is 2.87. The van der Waals surface area contributed by atoms with Gasteiger partial charge in [-0.25, -0.2) is 4.39 Å². The fourth-order valence-electron chi connectivity index (χ4n) is 2.10. The van der Waals surface area contributed by atoms with E-state index in [1.807, 2.05) is 0 Å². The number of carbonyl (C=O) groups excluding carboxylic acids is 3. The quantitative estimate of drug-likeness (QED) is 0.553. The molecule has 0 bridgehead atoms. The summed E-state index contributed by atoms with van der Waals surface area (Å²) in [5, 5.41) is 0. The second kappa shape index (κ2) is 7.35. The lowest BCUT2D eigenvalue weighted by Gasteiger charge is -2.41. The van der Waals surface area contributed by atoms with Crippen molar-refractivity contribution < 1.29 is 37.7 Å². The SMILES string of the molecule is CC(=O)OCC1OC(C)C(OC(C)=O)C(OC(C)=O)C1F. The van der Waals surface area contributed by atoms with E-state index in [0.29, 0.717) is 0 Å². The second-order valence-corrected chi connectivity index (χ2v) is 4.77. The first-order valence-electron chi connectivity index (χ1n) is 6.49. The molecule has 0 aromatic heterocycles. The van der Waals surface area contributed by atoms with E-state index in [-0.39, 0.29) is 6.61 Å². The molecule has 5 unspecified atom stereocenters. The summed E-state index contributed by atoms with van der Waals surface area (Å²) in [6, 6.07) is 0. The number of alkyl halides is 1. The molecule has 0 spiro atoms. The van der Waals surface area contributed by atoms with Crippen LogP contribution in [0, 0.1) is 0 Å². The topological polar surface area (TPSA) is 88.1 Å². The van der Waals surface area contributed by atoms with Gasteiger partial charge >= 0.3 is 17.9 Å². The van der Waals surface area contributed by atoms with Crippen molar-refractivity contribution in [2.24, 2.45) is 0 Å². The smallest absolute Gasteiger partial charge is 0.303 e. The van der Waals surface area contributed by atoms with Crippen LogP contribution in [-0.4, -0.2) is 55.1 Å². The molecule has 0 radical (unpaired) electrons. The molecule has 0 aromatic carbocycles. The fraction of sp³-hybridized carbons (Fsp3) is 0.769. The number of ether oxygens (including phenoxy) is 4. The third-order valence-corrected chi connectivity index (χ3v) is 2.90. The zero-order valence-electron chi connectivity index (χ0n) is 12.3. The molecule has 0 aromatic rings. The van der Waals surface area contributed by atoms with Crippen LogP contribution in [0.2, 0.25) is 0 Å². The monoisotopic (exact) mass is 306 g/mol. The van der Waals surface area contributed by atoms with Crippen molar-refractivity contribution in [3.63, 3.8) is 0 Å². The molecule has 0 N–H and O–H groups in total. The maximum atomic E-state index is 14.4. The Hall–Kier alpha value is -1.70. The zero-order valence-corrected chi connectivity index (χ0v) is 12.3. The first kappa shape index (κ1) is 17.4. The van der Waals surface area contributed by atoms with Crippen LogP contribution in [0.1, 0.15) is 27.7 Å². The highest BCUT2D eigenvalue weighted by Crippen LogP contribution is 2.28. The molecule has 5 atom stereocenters. The predicted molar refractivity (Wildman–Crippen MR) is 67.0 cm³/mol. The second-order valence-electron chi connectivity index (χ2n) is 4.77. The number of hydrogen-bond acceptors (Lipinski definition) is 7. The molecular weight excluding hydrogens is 287 g/mol. The largest absolute Gasteiger partial charge is 0.463 e. The molecule has 8 heteroatoms. The Morgan fingerprint density at radius 2 is 1.52 bits per heavy atom. The van der Waals surface area contributed by atoms with Crippen molar-refractivity contribution in [1.82, 2.24) is 0 Å². The highest BCUT2D eigenvalue weighted by atomic mass is 19.1. The molecule has 1 saturated heterocycles. The van der Waals surface area contributed by atoms with Crippen LogP contribution in [0.4, 0.5) is 4.39 Å². The Morgan fingerprint density at radius 1 is 1.00 bits per heavy atom. The van der Waals surface area contributed by atoms with Crippen LogP contribution < -0.4 is 0 Å². The van der Waals surface area contributed by atoms with Gasteiger partial charge in [0.1, 0.15) is 12.7 Å². The summed E-state index contributed by atoms with van der Waals surface area (Å²) in [6.45, 7) is 4.71. The van der Waals surface area contributed by atoms with Crippen LogP contribution in [-0.2, 0) is 33.3 Å². The lowest BCUT2D eigenvalue weighted by atomic mass is 9.96. The van der Waals surface area contributed by atoms with Crippen LogP contribution in [0.3, 0.4) is 0 Å². The Labute approximate surface area is 121 Å². The zero-order chi connectivity index (χ0) is 16.2.